The summed E-state index contributed by atoms with van der Waals surface area (Å²) in [6.45, 7) is 6.02. The Kier molecular flexibility index (Phi) is 4.03. The third-order valence-corrected chi connectivity index (χ3v) is 2.92. The van der Waals surface area contributed by atoms with E-state index in [2.05, 4.69) is 11.9 Å². The van der Waals surface area contributed by atoms with Gasteiger partial charge in [0.05, 0.1) is 6.61 Å². The molecule has 0 bridgehead atoms. The summed E-state index contributed by atoms with van der Waals surface area (Å²) in [6.07, 6.45) is 5.17. The van der Waals surface area contributed by atoms with E-state index >= 15 is 0 Å². The molecule has 3 heteroatoms. The first-order valence-electron chi connectivity index (χ1n) is 6.33. The Bertz CT molecular complexity index is 450. The predicted molar refractivity (Wildman–Crippen MR) is 72.9 cm³/mol. The lowest BCUT2D eigenvalue weighted by Crippen LogP contribution is -2.07. The minimum atomic E-state index is -0.0698. The van der Waals surface area contributed by atoms with Gasteiger partial charge in [0.25, 0.3) is 0 Å². The maximum atomic E-state index is 11.0. The van der Waals surface area contributed by atoms with Crippen LogP contribution < -0.4 is 10.1 Å². The van der Waals surface area contributed by atoms with E-state index in [1.807, 2.05) is 24.3 Å². The van der Waals surface area contributed by atoms with Crippen molar-refractivity contribution in [2.45, 2.75) is 26.2 Å². The molecule has 1 aliphatic carbocycles. The summed E-state index contributed by atoms with van der Waals surface area (Å²) in [6, 6.07) is 5.77. The maximum absolute atomic E-state index is 11.0. The highest BCUT2D eigenvalue weighted by Crippen LogP contribution is 2.31. The van der Waals surface area contributed by atoms with Crippen LogP contribution in [0.25, 0.3) is 0 Å². The largest absolute Gasteiger partial charge is 0.493 e. The maximum Gasteiger partial charge on any atom is 0.221 e. The molecule has 2 rings (SSSR count). The Balaban J connectivity index is 2.12. The van der Waals surface area contributed by atoms with E-state index in [0.29, 0.717) is 5.92 Å². The zero-order valence-electron chi connectivity index (χ0n) is 10.7. The third kappa shape index (κ3) is 3.62. The van der Waals surface area contributed by atoms with Crippen molar-refractivity contribution < 1.29 is 9.53 Å². The summed E-state index contributed by atoms with van der Waals surface area (Å²) in [4.78, 5) is 11.0. The molecule has 0 aromatic heterocycles. The first kappa shape index (κ1) is 12.7. The predicted octanol–water partition coefficient (Wildman–Crippen LogP) is 3.16. The Morgan fingerprint density at radius 2 is 2.33 bits per heavy atom. The first-order valence-corrected chi connectivity index (χ1v) is 6.33. The van der Waals surface area contributed by atoms with Crippen LogP contribution in [0.2, 0.25) is 0 Å². The van der Waals surface area contributed by atoms with Crippen LogP contribution in [-0.2, 0) is 11.2 Å². The van der Waals surface area contributed by atoms with Crippen LogP contribution in [-0.4, -0.2) is 12.5 Å². The summed E-state index contributed by atoms with van der Waals surface area (Å²) in [5.74, 6) is 1.50. The molecule has 0 radical (unpaired) electrons. The lowest BCUT2D eigenvalue weighted by Gasteiger charge is -2.12. The van der Waals surface area contributed by atoms with E-state index in [-0.39, 0.29) is 5.91 Å². The number of rotatable bonds is 6. The molecule has 96 valence electrons. The second-order valence-electron chi connectivity index (χ2n) is 4.75. The number of carbonyl (C=O) groups is 1. The van der Waals surface area contributed by atoms with Crippen LogP contribution in [0.15, 0.2) is 30.9 Å². The SMILES string of the molecule is C=CCc1ccc(NC(C)=O)cc1OCC1CC1. The van der Waals surface area contributed by atoms with Crippen LogP contribution >= 0.6 is 0 Å². The second-order valence-corrected chi connectivity index (χ2v) is 4.75. The number of nitrogens with one attached hydrogen (secondary N) is 1. The molecule has 0 saturated heterocycles. The Morgan fingerprint density at radius 1 is 1.56 bits per heavy atom. The molecule has 0 spiro atoms. The Morgan fingerprint density at radius 3 is 2.94 bits per heavy atom. The molecule has 1 aromatic carbocycles. The minimum absolute atomic E-state index is 0.0698. The van der Waals surface area contributed by atoms with Crippen LogP contribution in [0.1, 0.15) is 25.3 Å². The molecule has 1 aliphatic rings. The van der Waals surface area contributed by atoms with E-state index < -0.39 is 0 Å². The smallest absolute Gasteiger partial charge is 0.221 e. The highest BCUT2D eigenvalue weighted by molar-refractivity contribution is 5.88. The molecule has 1 saturated carbocycles. The van der Waals surface area contributed by atoms with Crippen molar-refractivity contribution in [2.75, 3.05) is 11.9 Å². The fourth-order valence-electron chi connectivity index (χ4n) is 1.79. The first-order chi connectivity index (χ1) is 8.69. The molecular formula is C15H19NO2. The summed E-state index contributed by atoms with van der Waals surface area (Å²) in [5.41, 5.74) is 1.89. The molecule has 0 atom stereocenters. The number of amides is 1. The van der Waals surface area contributed by atoms with Crippen LogP contribution in [0.5, 0.6) is 5.75 Å². The summed E-state index contributed by atoms with van der Waals surface area (Å²) in [5, 5.41) is 2.77. The highest BCUT2D eigenvalue weighted by atomic mass is 16.5. The average molecular weight is 245 g/mol. The van der Waals surface area contributed by atoms with Crippen molar-refractivity contribution in [2.24, 2.45) is 5.92 Å². The molecule has 1 amide bonds. The third-order valence-electron chi connectivity index (χ3n) is 2.92. The van der Waals surface area contributed by atoms with Gasteiger partial charge in [-0.1, -0.05) is 12.1 Å². The molecule has 0 unspecified atom stereocenters. The van der Waals surface area contributed by atoms with Gasteiger partial charge >= 0.3 is 0 Å². The van der Waals surface area contributed by atoms with E-state index in [0.717, 1.165) is 30.0 Å². The van der Waals surface area contributed by atoms with Gasteiger partial charge in [0.15, 0.2) is 0 Å². The number of hydrogen-bond acceptors (Lipinski definition) is 2. The average Bonchev–Trinajstić information content (AvgIpc) is 3.12. The number of allylic oxidation sites excluding steroid dienone is 1. The number of anilines is 1. The van der Waals surface area contributed by atoms with Crippen molar-refractivity contribution in [1.82, 2.24) is 0 Å². The molecule has 18 heavy (non-hydrogen) atoms. The van der Waals surface area contributed by atoms with Crippen LogP contribution in [0.4, 0.5) is 5.69 Å². The molecular weight excluding hydrogens is 226 g/mol. The molecule has 1 aromatic rings. The molecule has 1 fully saturated rings. The Hall–Kier alpha value is -1.77. The number of carbonyl (C=O) groups excluding carboxylic acids is 1. The fraction of sp³-hybridized carbons (Fsp3) is 0.400. The highest BCUT2D eigenvalue weighted by Gasteiger charge is 2.22. The summed E-state index contributed by atoms with van der Waals surface area (Å²) >= 11 is 0. The van der Waals surface area contributed by atoms with Gasteiger partial charge in [-0.2, -0.15) is 0 Å². The van der Waals surface area contributed by atoms with E-state index in [1.54, 1.807) is 0 Å². The molecule has 0 aliphatic heterocycles. The summed E-state index contributed by atoms with van der Waals surface area (Å²) in [7, 11) is 0. The molecule has 0 heterocycles. The zero-order valence-corrected chi connectivity index (χ0v) is 10.7. The quantitative estimate of drug-likeness (QED) is 0.782. The fourth-order valence-corrected chi connectivity index (χ4v) is 1.79. The van der Waals surface area contributed by atoms with Gasteiger partial charge in [-0.3, -0.25) is 4.79 Å². The van der Waals surface area contributed by atoms with Crippen molar-refractivity contribution in [3.63, 3.8) is 0 Å². The standard InChI is InChI=1S/C15H19NO2/c1-3-4-13-7-8-14(16-11(2)17)9-15(13)18-10-12-5-6-12/h3,7-9,12H,1,4-6,10H2,2H3,(H,16,17). The zero-order chi connectivity index (χ0) is 13.0. The lowest BCUT2D eigenvalue weighted by molar-refractivity contribution is -0.114. The number of hydrogen-bond donors (Lipinski definition) is 1. The van der Waals surface area contributed by atoms with E-state index in [9.17, 15) is 4.79 Å². The van der Waals surface area contributed by atoms with Gasteiger partial charge in [-0.15, -0.1) is 6.58 Å². The van der Waals surface area contributed by atoms with Gasteiger partial charge in [-0.05, 0) is 36.8 Å². The van der Waals surface area contributed by atoms with Crippen molar-refractivity contribution >= 4 is 11.6 Å². The van der Waals surface area contributed by atoms with E-state index in [4.69, 9.17) is 4.74 Å². The van der Waals surface area contributed by atoms with E-state index in [1.165, 1.54) is 19.8 Å². The second kappa shape index (κ2) is 5.71. The Labute approximate surface area is 108 Å². The number of benzene rings is 1. The van der Waals surface area contributed by atoms with Crippen molar-refractivity contribution in [3.8, 4) is 5.75 Å². The van der Waals surface area contributed by atoms with Crippen molar-refractivity contribution in [3.05, 3.63) is 36.4 Å². The van der Waals surface area contributed by atoms with Gasteiger partial charge in [0.1, 0.15) is 5.75 Å². The van der Waals surface area contributed by atoms with Gasteiger partial charge in [0, 0.05) is 18.7 Å². The van der Waals surface area contributed by atoms with Crippen LogP contribution in [0.3, 0.4) is 0 Å². The minimum Gasteiger partial charge on any atom is -0.493 e. The number of ether oxygens (including phenoxy) is 1. The van der Waals surface area contributed by atoms with Gasteiger partial charge in [-0.25, -0.2) is 0 Å². The topological polar surface area (TPSA) is 38.3 Å². The molecule has 3 nitrogen and oxygen atoms in total. The van der Waals surface area contributed by atoms with Crippen molar-refractivity contribution in [1.29, 1.82) is 0 Å². The molecule has 1 N–H and O–H groups in total. The normalized spacial score (nSPS) is 14.1. The monoisotopic (exact) mass is 245 g/mol. The lowest BCUT2D eigenvalue weighted by atomic mass is 10.1. The van der Waals surface area contributed by atoms with Gasteiger partial charge < -0.3 is 10.1 Å². The van der Waals surface area contributed by atoms with Gasteiger partial charge in [0.2, 0.25) is 5.91 Å². The summed E-state index contributed by atoms with van der Waals surface area (Å²) < 4.78 is 5.84. The van der Waals surface area contributed by atoms with Crippen LogP contribution in [0, 0.1) is 5.92 Å².